The standard InChI is InChI=1S/C16H22F2N2O/c1-10-2-4-11(5-3-10)6-7-20-16(21)12-8-15(19)14(18)9-13(12)17/h8-11H,2-7,19H2,1H3,(H,20,21). The summed E-state index contributed by atoms with van der Waals surface area (Å²) in [7, 11) is 0. The molecule has 1 fully saturated rings. The number of anilines is 1. The average molecular weight is 296 g/mol. The summed E-state index contributed by atoms with van der Waals surface area (Å²) in [6, 6.07) is 1.69. The number of nitrogens with one attached hydrogen (secondary N) is 1. The van der Waals surface area contributed by atoms with Crippen LogP contribution in [0.2, 0.25) is 0 Å². The summed E-state index contributed by atoms with van der Waals surface area (Å²) >= 11 is 0. The fourth-order valence-electron chi connectivity index (χ4n) is 2.84. The van der Waals surface area contributed by atoms with E-state index in [1.807, 2.05) is 0 Å². The van der Waals surface area contributed by atoms with Crippen LogP contribution < -0.4 is 11.1 Å². The number of amides is 1. The minimum atomic E-state index is -0.884. The molecule has 1 aromatic carbocycles. The van der Waals surface area contributed by atoms with E-state index in [1.54, 1.807) is 0 Å². The molecule has 0 atom stereocenters. The number of carbonyl (C=O) groups excluding carboxylic acids is 1. The van der Waals surface area contributed by atoms with Crippen molar-refractivity contribution in [3.8, 4) is 0 Å². The van der Waals surface area contributed by atoms with Crippen LogP contribution in [0, 0.1) is 23.5 Å². The van der Waals surface area contributed by atoms with Gasteiger partial charge in [-0.3, -0.25) is 4.79 Å². The normalized spacial score (nSPS) is 22.0. The third-order valence-electron chi connectivity index (χ3n) is 4.30. The maximum atomic E-state index is 13.5. The highest BCUT2D eigenvalue weighted by Crippen LogP contribution is 2.29. The van der Waals surface area contributed by atoms with Crippen molar-refractivity contribution >= 4 is 11.6 Å². The van der Waals surface area contributed by atoms with Crippen molar-refractivity contribution in [3.05, 3.63) is 29.3 Å². The minimum Gasteiger partial charge on any atom is -0.396 e. The molecule has 2 rings (SSSR count). The first kappa shape index (κ1) is 15.7. The van der Waals surface area contributed by atoms with Crippen molar-refractivity contribution in [2.45, 2.75) is 39.0 Å². The van der Waals surface area contributed by atoms with E-state index in [0.29, 0.717) is 18.5 Å². The van der Waals surface area contributed by atoms with Crippen molar-refractivity contribution in [1.82, 2.24) is 5.32 Å². The van der Waals surface area contributed by atoms with Crippen LogP contribution in [0.1, 0.15) is 49.4 Å². The fraction of sp³-hybridized carbons (Fsp3) is 0.562. The Hall–Kier alpha value is -1.65. The van der Waals surface area contributed by atoms with Gasteiger partial charge in [-0.15, -0.1) is 0 Å². The monoisotopic (exact) mass is 296 g/mol. The molecule has 5 heteroatoms. The number of nitrogen functional groups attached to an aromatic ring is 1. The van der Waals surface area contributed by atoms with Gasteiger partial charge >= 0.3 is 0 Å². The van der Waals surface area contributed by atoms with Crippen molar-refractivity contribution in [3.63, 3.8) is 0 Å². The van der Waals surface area contributed by atoms with Gasteiger partial charge in [0.25, 0.3) is 5.91 Å². The van der Waals surface area contributed by atoms with Crippen LogP contribution in [0.15, 0.2) is 12.1 Å². The Morgan fingerprint density at radius 3 is 2.57 bits per heavy atom. The Balaban J connectivity index is 1.83. The number of hydrogen-bond donors (Lipinski definition) is 2. The molecule has 0 aliphatic heterocycles. The average Bonchev–Trinajstić information content (AvgIpc) is 2.45. The van der Waals surface area contributed by atoms with Gasteiger partial charge in [0.15, 0.2) is 0 Å². The molecule has 3 N–H and O–H groups in total. The quantitative estimate of drug-likeness (QED) is 0.836. The van der Waals surface area contributed by atoms with Crippen LogP contribution >= 0.6 is 0 Å². The van der Waals surface area contributed by atoms with E-state index in [1.165, 1.54) is 25.7 Å². The summed E-state index contributed by atoms with van der Waals surface area (Å²) in [5.74, 6) is -0.841. The Labute approximate surface area is 123 Å². The lowest BCUT2D eigenvalue weighted by Gasteiger charge is -2.26. The van der Waals surface area contributed by atoms with Crippen LogP contribution in [0.3, 0.4) is 0 Å². The van der Waals surface area contributed by atoms with Gasteiger partial charge in [-0.2, -0.15) is 0 Å². The van der Waals surface area contributed by atoms with Crippen LogP contribution in [-0.2, 0) is 0 Å². The molecule has 0 unspecified atom stereocenters. The Bertz CT molecular complexity index is 511. The molecule has 1 saturated carbocycles. The highest BCUT2D eigenvalue weighted by atomic mass is 19.1. The molecule has 0 saturated heterocycles. The van der Waals surface area contributed by atoms with E-state index in [0.717, 1.165) is 18.4 Å². The molecular formula is C16H22F2N2O. The van der Waals surface area contributed by atoms with Gasteiger partial charge in [-0.1, -0.05) is 32.6 Å². The lowest BCUT2D eigenvalue weighted by molar-refractivity contribution is 0.0945. The third-order valence-corrected chi connectivity index (χ3v) is 4.30. The van der Waals surface area contributed by atoms with Crippen molar-refractivity contribution < 1.29 is 13.6 Å². The van der Waals surface area contributed by atoms with E-state index in [-0.39, 0.29) is 11.3 Å². The molecule has 1 aliphatic rings. The zero-order valence-electron chi connectivity index (χ0n) is 12.3. The van der Waals surface area contributed by atoms with Crippen LogP contribution in [0.5, 0.6) is 0 Å². The molecule has 0 aromatic heterocycles. The molecule has 0 radical (unpaired) electrons. The van der Waals surface area contributed by atoms with Gasteiger partial charge in [-0.05, 0) is 24.3 Å². The minimum absolute atomic E-state index is 0.203. The maximum Gasteiger partial charge on any atom is 0.254 e. The summed E-state index contributed by atoms with van der Waals surface area (Å²) < 4.78 is 26.6. The first-order valence-corrected chi connectivity index (χ1v) is 7.50. The largest absolute Gasteiger partial charge is 0.396 e. The summed E-state index contributed by atoms with van der Waals surface area (Å²) in [5.41, 5.74) is 4.94. The lowest BCUT2D eigenvalue weighted by Crippen LogP contribution is -2.27. The van der Waals surface area contributed by atoms with Gasteiger partial charge in [0.1, 0.15) is 11.6 Å². The van der Waals surface area contributed by atoms with E-state index >= 15 is 0 Å². The molecule has 0 heterocycles. The lowest BCUT2D eigenvalue weighted by atomic mass is 9.81. The maximum absolute atomic E-state index is 13.5. The van der Waals surface area contributed by atoms with Crippen LogP contribution in [-0.4, -0.2) is 12.5 Å². The first-order valence-electron chi connectivity index (χ1n) is 7.50. The Kier molecular flexibility index (Phi) is 5.15. The summed E-state index contributed by atoms with van der Waals surface area (Å²) in [6.45, 7) is 2.77. The van der Waals surface area contributed by atoms with E-state index < -0.39 is 17.5 Å². The number of rotatable bonds is 4. The number of hydrogen-bond acceptors (Lipinski definition) is 2. The highest BCUT2D eigenvalue weighted by Gasteiger charge is 2.19. The topological polar surface area (TPSA) is 55.1 Å². The molecule has 0 bridgehead atoms. The molecule has 116 valence electrons. The van der Waals surface area contributed by atoms with Crippen molar-refractivity contribution in [2.75, 3.05) is 12.3 Å². The smallest absolute Gasteiger partial charge is 0.254 e. The highest BCUT2D eigenvalue weighted by molar-refractivity contribution is 5.95. The number of halogens is 2. The number of nitrogens with two attached hydrogens (primary N) is 1. The Morgan fingerprint density at radius 2 is 1.90 bits per heavy atom. The molecular weight excluding hydrogens is 274 g/mol. The zero-order valence-corrected chi connectivity index (χ0v) is 12.3. The van der Waals surface area contributed by atoms with Gasteiger partial charge in [-0.25, -0.2) is 8.78 Å². The second-order valence-corrected chi connectivity index (χ2v) is 6.02. The van der Waals surface area contributed by atoms with E-state index in [9.17, 15) is 13.6 Å². The van der Waals surface area contributed by atoms with Crippen molar-refractivity contribution in [2.24, 2.45) is 11.8 Å². The van der Waals surface area contributed by atoms with Gasteiger partial charge < -0.3 is 11.1 Å². The zero-order chi connectivity index (χ0) is 15.4. The van der Waals surface area contributed by atoms with Crippen LogP contribution in [0.4, 0.5) is 14.5 Å². The number of carbonyl (C=O) groups is 1. The SMILES string of the molecule is CC1CCC(CCNC(=O)c2cc(N)c(F)cc2F)CC1. The molecule has 1 aromatic rings. The summed E-state index contributed by atoms with van der Waals surface area (Å²) in [4.78, 5) is 11.9. The predicted octanol–water partition coefficient (Wildman–Crippen LogP) is 3.49. The summed E-state index contributed by atoms with van der Waals surface area (Å²) in [6.07, 6.45) is 5.75. The molecule has 0 spiro atoms. The fourth-order valence-corrected chi connectivity index (χ4v) is 2.84. The molecule has 3 nitrogen and oxygen atoms in total. The third kappa shape index (κ3) is 4.16. The second kappa shape index (κ2) is 6.87. The predicted molar refractivity (Wildman–Crippen MR) is 78.8 cm³/mol. The second-order valence-electron chi connectivity index (χ2n) is 6.02. The first-order chi connectivity index (χ1) is 9.97. The molecule has 1 aliphatic carbocycles. The number of benzene rings is 1. The van der Waals surface area contributed by atoms with Gasteiger partial charge in [0, 0.05) is 12.6 Å². The van der Waals surface area contributed by atoms with E-state index in [2.05, 4.69) is 12.2 Å². The van der Waals surface area contributed by atoms with Gasteiger partial charge in [0.05, 0.1) is 11.3 Å². The van der Waals surface area contributed by atoms with E-state index in [4.69, 9.17) is 5.73 Å². The molecule has 21 heavy (non-hydrogen) atoms. The van der Waals surface area contributed by atoms with Gasteiger partial charge in [0.2, 0.25) is 0 Å². The molecule has 1 amide bonds. The summed E-state index contributed by atoms with van der Waals surface area (Å²) in [5, 5.41) is 2.69. The van der Waals surface area contributed by atoms with Crippen LogP contribution in [0.25, 0.3) is 0 Å². The Morgan fingerprint density at radius 1 is 1.24 bits per heavy atom. The van der Waals surface area contributed by atoms with Crippen molar-refractivity contribution in [1.29, 1.82) is 0 Å².